The minimum atomic E-state index is -0.875. The number of carbonyl (C=O) groups excluding carboxylic acids is 3. The van der Waals surface area contributed by atoms with Crippen molar-refractivity contribution in [3.8, 4) is 0 Å². The van der Waals surface area contributed by atoms with Gasteiger partial charge in [-0.25, -0.2) is 0 Å². The average molecular weight is 368 g/mol. The average Bonchev–Trinajstić information content (AvgIpc) is 2.87. The zero-order chi connectivity index (χ0) is 18.8. The Hall–Kier alpha value is -2.60. The summed E-state index contributed by atoms with van der Waals surface area (Å²) in [6, 6.07) is 13.2. The molecular weight excluding hydrogens is 348 g/mol. The highest BCUT2D eigenvalue weighted by Gasteiger charge is 2.43. The number of hydrogen-bond acceptors (Lipinski definition) is 4. The Labute approximate surface area is 156 Å². The molecule has 6 heteroatoms. The second-order valence-corrected chi connectivity index (χ2v) is 7.32. The third-order valence-corrected chi connectivity index (χ3v) is 5.07. The molecule has 1 aliphatic heterocycles. The van der Waals surface area contributed by atoms with Gasteiger partial charge in [-0.3, -0.25) is 19.3 Å². The molecule has 1 atom stereocenters. The summed E-state index contributed by atoms with van der Waals surface area (Å²) in [4.78, 5) is 40.5. The molecule has 26 heavy (non-hydrogen) atoms. The smallest absolute Gasteiger partial charge is 0.262 e. The molecular formula is C20H20N2O3S. The van der Waals surface area contributed by atoms with Gasteiger partial charge in [-0.1, -0.05) is 32.0 Å². The maximum absolute atomic E-state index is 12.9. The molecule has 0 aliphatic carbocycles. The van der Waals surface area contributed by atoms with E-state index >= 15 is 0 Å². The van der Waals surface area contributed by atoms with E-state index in [-0.39, 0.29) is 11.8 Å². The Morgan fingerprint density at radius 1 is 1.00 bits per heavy atom. The summed E-state index contributed by atoms with van der Waals surface area (Å²) in [7, 11) is 0. The number of benzene rings is 2. The van der Waals surface area contributed by atoms with Gasteiger partial charge in [0.25, 0.3) is 11.8 Å². The molecule has 3 rings (SSSR count). The van der Waals surface area contributed by atoms with E-state index in [1.807, 2.05) is 38.3 Å². The van der Waals surface area contributed by atoms with Crippen LogP contribution in [-0.2, 0) is 4.79 Å². The van der Waals surface area contributed by atoms with Crippen LogP contribution in [0.1, 0.15) is 34.6 Å². The van der Waals surface area contributed by atoms with Crippen LogP contribution in [0.5, 0.6) is 0 Å². The van der Waals surface area contributed by atoms with Crippen LogP contribution in [0, 0.1) is 5.92 Å². The number of anilines is 1. The highest BCUT2D eigenvalue weighted by atomic mass is 32.2. The van der Waals surface area contributed by atoms with E-state index in [1.165, 1.54) is 0 Å². The Morgan fingerprint density at radius 3 is 2.15 bits per heavy atom. The van der Waals surface area contributed by atoms with E-state index < -0.39 is 17.9 Å². The minimum Gasteiger partial charge on any atom is -0.324 e. The molecule has 0 fully saturated rings. The summed E-state index contributed by atoms with van der Waals surface area (Å²) >= 11 is 1.57. The number of nitrogens with zero attached hydrogens (tertiary/aromatic N) is 1. The summed E-state index contributed by atoms with van der Waals surface area (Å²) < 4.78 is 0. The van der Waals surface area contributed by atoms with Crippen molar-refractivity contribution in [1.29, 1.82) is 0 Å². The summed E-state index contributed by atoms with van der Waals surface area (Å²) in [5.74, 6) is -1.43. The van der Waals surface area contributed by atoms with Crippen LogP contribution in [0.25, 0.3) is 0 Å². The number of hydrogen-bond donors (Lipinski definition) is 1. The van der Waals surface area contributed by atoms with Crippen molar-refractivity contribution in [3.63, 3.8) is 0 Å². The van der Waals surface area contributed by atoms with Crippen molar-refractivity contribution in [2.45, 2.75) is 24.8 Å². The molecule has 0 bridgehead atoms. The number of carbonyl (C=O) groups is 3. The van der Waals surface area contributed by atoms with Gasteiger partial charge in [-0.2, -0.15) is 0 Å². The minimum absolute atomic E-state index is 0.221. The van der Waals surface area contributed by atoms with Crippen LogP contribution in [0.15, 0.2) is 53.4 Å². The van der Waals surface area contributed by atoms with Gasteiger partial charge in [-0.15, -0.1) is 11.8 Å². The molecule has 2 aromatic rings. The molecule has 1 aliphatic rings. The molecule has 0 aromatic heterocycles. The molecule has 5 nitrogen and oxygen atoms in total. The topological polar surface area (TPSA) is 66.5 Å². The summed E-state index contributed by atoms with van der Waals surface area (Å²) in [5.41, 5.74) is 1.34. The van der Waals surface area contributed by atoms with Crippen molar-refractivity contribution in [1.82, 2.24) is 4.90 Å². The first-order valence-corrected chi connectivity index (χ1v) is 9.58. The fourth-order valence-corrected chi connectivity index (χ4v) is 3.56. The number of amides is 3. The lowest BCUT2D eigenvalue weighted by Gasteiger charge is -2.28. The van der Waals surface area contributed by atoms with Crippen molar-refractivity contribution < 1.29 is 14.4 Å². The maximum atomic E-state index is 12.9. The van der Waals surface area contributed by atoms with Gasteiger partial charge in [0.05, 0.1) is 11.1 Å². The first-order valence-electron chi connectivity index (χ1n) is 8.36. The Morgan fingerprint density at radius 2 is 1.62 bits per heavy atom. The molecule has 0 spiro atoms. The SMILES string of the molecule is CSc1cccc(NC(=O)C(C(C)C)N2C(=O)c3ccccc3C2=O)c1. The second kappa shape index (κ2) is 7.33. The molecule has 2 aromatic carbocycles. The van der Waals surface area contributed by atoms with Gasteiger partial charge in [0, 0.05) is 10.6 Å². The van der Waals surface area contributed by atoms with E-state index in [9.17, 15) is 14.4 Å². The van der Waals surface area contributed by atoms with Gasteiger partial charge < -0.3 is 5.32 Å². The lowest BCUT2D eigenvalue weighted by Crippen LogP contribution is -2.50. The lowest BCUT2D eigenvalue weighted by molar-refractivity contribution is -0.121. The fourth-order valence-electron chi connectivity index (χ4n) is 3.10. The molecule has 1 N–H and O–H groups in total. The lowest BCUT2D eigenvalue weighted by atomic mass is 10.0. The van der Waals surface area contributed by atoms with Crippen molar-refractivity contribution in [2.75, 3.05) is 11.6 Å². The van der Waals surface area contributed by atoms with Crippen LogP contribution in [0.2, 0.25) is 0 Å². The standard InChI is InChI=1S/C20H20N2O3S/c1-12(2)17(18(23)21-13-7-6-8-14(11-13)26-3)22-19(24)15-9-4-5-10-16(15)20(22)25/h4-12,17H,1-3H3,(H,21,23). The van der Waals surface area contributed by atoms with E-state index in [0.29, 0.717) is 16.8 Å². The monoisotopic (exact) mass is 368 g/mol. The van der Waals surface area contributed by atoms with Gasteiger partial charge in [0.1, 0.15) is 6.04 Å². The van der Waals surface area contributed by atoms with Gasteiger partial charge in [0.15, 0.2) is 0 Å². The number of rotatable bonds is 5. The highest BCUT2D eigenvalue weighted by molar-refractivity contribution is 7.98. The quantitative estimate of drug-likeness (QED) is 0.646. The summed E-state index contributed by atoms with van der Waals surface area (Å²) in [5, 5.41) is 2.84. The van der Waals surface area contributed by atoms with Crippen LogP contribution in [-0.4, -0.2) is 34.9 Å². The van der Waals surface area contributed by atoms with Crippen molar-refractivity contribution >= 4 is 35.2 Å². The predicted octanol–water partition coefficient (Wildman–Crippen LogP) is 3.67. The summed E-state index contributed by atoms with van der Waals surface area (Å²) in [6.07, 6.45) is 1.96. The molecule has 1 heterocycles. The van der Waals surface area contributed by atoms with Gasteiger partial charge >= 0.3 is 0 Å². The first-order chi connectivity index (χ1) is 12.4. The normalized spacial score (nSPS) is 14.5. The second-order valence-electron chi connectivity index (χ2n) is 6.44. The Balaban J connectivity index is 1.89. The third kappa shape index (κ3) is 3.24. The predicted molar refractivity (Wildman–Crippen MR) is 102 cm³/mol. The Kier molecular flexibility index (Phi) is 5.13. The zero-order valence-electron chi connectivity index (χ0n) is 14.9. The van der Waals surface area contributed by atoms with Crippen molar-refractivity contribution in [3.05, 3.63) is 59.7 Å². The molecule has 134 valence electrons. The number of fused-ring (bicyclic) bond motifs is 1. The van der Waals surface area contributed by atoms with E-state index in [1.54, 1.807) is 42.1 Å². The largest absolute Gasteiger partial charge is 0.324 e. The van der Waals surface area contributed by atoms with Crippen molar-refractivity contribution in [2.24, 2.45) is 5.92 Å². The van der Waals surface area contributed by atoms with Gasteiger partial charge in [-0.05, 0) is 42.5 Å². The number of thioether (sulfide) groups is 1. The van der Waals surface area contributed by atoms with Crippen LogP contribution in [0.3, 0.4) is 0 Å². The molecule has 0 saturated heterocycles. The van der Waals surface area contributed by atoms with Crippen LogP contribution >= 0.6 is 11.8 Å². The molecule has 1 unspecified atom stereocenters. The highest BCUT2D eigenvalue weighted by Crippen LogP contribution is 2.28. The fraction of sp³-hybridized carbons (Fsp3) is 0.250. The van der Waals surface area contributed by atoms with E-state index in [0.717, 1.165) is 9.80 Å². The Bertz CT molecular complexity index is 844. The van der Waals surface area contributed by atoms with Gasteiger partial charge in [0.2, 0.25) is 5.91 Å². The molecule has 3 amide bonds. The van der Waals surface area contributed by atoms with Crippen LogP contribution < -0.4 is 5.32 Å². The number of imide groups is 1. The molecule has 0 radical (unpaired) electrons. The van der Waals surface area contributed by atoms with Crippen LogP contribution in [0.4, 0.5) is 5.69 Å². The maximum Gasteiger partial charge on any atom is 0.262 e. The summed E-state index contributed by atoms with van der Waals surface area (Å²) in [6.45, 7) is 3.65. The zero-order valence-corrected chi connectivity index (χ0v) is 15.7. The molecule has 0 saturated carbocycles. The number of nitrogens with one attached hydrogen (secondary N) is 1. The first kappa shape index (κ1) is 18.2. The van der Waals surface area contributed by atoms with E-state index in [2.05, 4.69) is 5.32 Å². The third-order valence-electron chi connectivity index (χ3n) is 4.34. The van der Waals surface area contributed by atoms with E-state index in [4.69, 9.17) is 0 Å².